The van der Waals surface area contributed by atoms with Crippen molar-refractivity contribution in [3.05, 3.63) is 0 Å². The van der Waals surface area contributed by atoms with Gasteiger partial charge in [0, 0.05) is 31.7 Å². The lowest BCUT2D eigenvalue weighted by Gasteiger charge is -2.42. The summed E-state index contributed by atoms with van der Waals surface area (Å²) in [5.41, 5.74) is 0.132. The van der Waals surface area contributed by atoms with Crippen molar-refractivity contribution in [2.75, 3.05) is 39.3 Å². The lowest BCUT2D eigenvalue weighted by molar-refractivity contribution is -0.141. The number of amides is 2. The molecule has 0 aromatic heterocycles. The van der Waals surface area contributed by atoms with Gasteiger partial charge in [-0.2, -0.15) is 0 Å². The Labute approximate surface area is 115 Å². The number of ether oxygens (including phenoxy) is 1. The predicted molar refractivity (Wildman–Crippen MR) is 72.9 cm³/mol. The first kappa shape index (κ1) is 15.8. The van der Waals surface area contributed by atoms with Gasteiger partial charge in [0.05, 0.1) is 6.61 Å². The van der Waals surface area contributed by atoms with Gasteiger partial charge in [-0.05, 0) is 27.7 Å². The van der Waals surface area contributed by atoms with Crippen LogP contribution in [0.15, 0.2) is 0 Å². The van der Waals surface area contributed by atoms with E-state index in [0.717, 1.165) is 13.1 Å². The molecule has 2 amide bonds. The van der Waals surface area contributed by atoms with E-state index >= 15 is 0 Å². The number of hydrogen-bond donors (Lipinski definition) is 1. The molecular weight excluding hydrogens is 246 g/mol. The summed E-state index contributed by atoms with van der Waals surface area (Å²) in [7, 11) is 0. The van der Waals surface area contributed by atoms with Crippen LogP contribution >= 0.6 is 0 Å². The van der Waals surface area contributed by atoms with Gasteiger partial charge in [0.1, 0.15) is 6.54 Å². The molecule has 0 aliphatic carbocycles. The summed E-state index contributed by atoms with van der Waals surface area (Å²) in [6.07, 6.45) is 0. The second kappa shape index (κ2) is 6.75. The number of carbonyl (C=O) groups is 2. The van der Waals surface area contributed by atoms with Gasteiger partial charge in [-0.3, -0.25) is 9.69 Å². The number of esters is 1. The molecule has 1 heterocycles. The maximum atomic E-state index is 11.9. The van der Waals surface area contributed by atoms with Crippen LogP contribution in [0.1, 0.15) is 27.7 Å². The van der Waals surface area contributed by atoms with Crippen molar-refractivity contribution in [1.82, 2.24) is 15.1 Å². The minimum Gasteiger partial charge on any atom is -0.465 e. The zero-order chi connectivity index (χ0) is 14.5. The Bertz CT molecular complexity index is 318. The van der Waals surface area contributed by atoms with E-state index in [1.54, 1.807) is 11.8 Å². The van der Waals surface area contributed by atoms with E-state index in [2.05, 4.69) is 31.0 Å². The molecule has 1 aliphatic heterocycles. The van der Waals surface area contributed by atoms with Crippen molar-refractivity contribution in [2.24, 2.45) is 0 Å². The second-order valence-electron chi connectivity index (χ2n) is 5.61. The number of hydrogen-bond acceptors (Lipinski definition) is 4. The fraction of sp³-hybridized carbons (Fsp3) is 0.846. The van der Waals surface area contributed by atoms with E-state index in [1.165, 1.54) is 0 Å². The molecule has 110 valence electrons. The summed E-state index contributed by atoms with van der Waals surface area (Å²) < 4.78 is 4.76. The van der Waals surface area contributed by atoms with Crippen LogP contribution in [0.5, 0.6) is 0 Å². The Hall–Kier alpha value is -1.30. The van der Waals surface area contributed by atoms with Gasteiger partial charge in [-0.25, -0.2) is 4.79 Å². The van der Waals surface area contributed by atoms with Crippen LogP contribution in [-0.2, 0) is 9.53 Å². The third-order valence-electron chi connectivity index (χ3n) is 3.20. The number of nitrogens with one attached hydrogen (secondary N) is 1. The summed E-state index contributed by atoms with van der Waals surface area (Å²) in [5.74, 6) is -0.399. The summed E-state index contributed by atoms with van der Waals surface area (Å²) in [4.78, 5) is 27.1. The van der Waals surface area contributed by atoms with Crippen molar-refractivity contribution in [3.8, 4) is 0 Å². The molecule has 0 aromatic rings. The first-order valence-electron chi connectivity index (χ1n) is 6.78. The number of nitrogens with zero attached hydrogens (tertiary/aromatic N) is 2. The Morgan fingerprint density at radius 2 is 1.74 bits per heavy atom. The molecule has 0 saturated carbocycles. The van der Waals surface area contributed by atoms with E-state index in [-0.39, 0.29) is 18.1 Å². The number of rotatable bonds is 3. The van der Waals surface area contributed by atoms with Crippen LogP contribution in [0.4, 0.5) is 4.79 Å². The molecule has 6 nitrogen and oxygen atoms in total. The van der Waals surface area contributed by atoms with Crippen molar-refractivity contribution in [1.29, 1.82) is 0 Å². The fourth-order valence-corrected chi connectivity index (χ4v) is 2.05. The van der Waals surface area contributed by atoms with Crippen molar-refractivity contribution in [2.45, 2.75) is 33.2 Å². The number of carbonyl (C=O) groups excluding carboxylic acids is 2. The molecular formula is C13H25N3O3. The van der Waals surface area contributed by atoms with Gasteiger partial charge >= 0.3 is 12.0 Å². The highest BCUT2D eigenvalue weighted by atomic mass is 16.5. The molecule has 0 atom stereocenters. The maximum Gasteiger partial charge on any atom is 0.325 e. The molecule has 6 heteroatoms. The molecule has 0 bridgehead atoms. The van der Waals surface area contributed by atoms with E-state index in [0.29, 0.717) is 19.7 Å². The minimum absolute atomic E-state index is 0.0633. The Kier molecular flexibility index (Phi) is 5.60. The lowest BCUT2D eigenvalue weighted by atomic mass is 10.1. The summed E-state index contributed by atoms with van der Waals surface area (Å²) in [6.45, 7) is 11.6. The van der Waals surface area contributed by atoms with Crippen LogP contribution < -0.4 is 5.32 Å². The summed E-state index contributed by atoms with van der Waals surface area (Å²) in [5, 5.41) is 2.58. The Morgan fingerprint density at radius 3 is 2.21 bits per heavy atom. The summed E-state index contributed by atoms with van der Waals surface area (Å²) in [6, 6.07) is -0.193. The van der Waals surface area contributed by atoms with Gasteiger partial charge in [-0.15, -0.1) is 0 Å². The SMILES string of the molecule is CCOC(=O)CNC(=O)N1CCN(C(C)(C)C)CC1. The molecule has 19 heavy (non-hydrogen) atoms. The first-order chi connectivity index (χ1) is 8.84. The van der Waals surface area contributed by atoms with Crippen LogP contribution in [0.2, 0.25) is 0 Å². The monoisotopic (exact) mass is 271 g/mol. The zero-order valence-electron chi connectivity index (χ0n) is 12.4. The maximum absolute atomic E-state index is 11.9. The van der Waals surface area contributed by atoms with Crippen LogP contribution in [0.25, 0.3) is 0 Å². The minimum atomic E-state index is -0.399. The third-order valence-corrected chi connectivity index (χ3v) is 3.20. The standard InChI is InChI=1S/C13H25N3O3/c1-5-19-11(17)10-14-12(18)15-6-8-16(9-7-15)13(2,3)4/h5-10H2,1-4H3,(H,14,18). The molecule has 0 unspecified atom stereocenters. The number of urea groups is 1. The van der Waals surface area contributed by atoms with Crippen molar-refractivity contribution < 1.29 is 14.3 Å². The zero-order valence-corrected chi connectivity index (χ0v) is 12.4. The van der Waals surface area contributed by atoms with E-state index in [1.807, 2.05) is 0 Å². The van der Waals surface area contributed by atoms with Crippen molar-refractivity contribution >= 4 is 12.0 Å². The first-order valence-corrected chi connectivity index (χ1v) is 6.78. The average molecular weight is 271 g/mol. The lowest BCUT2D eigenvalue weighted by Crippen LogP contribution is -2.56. The van der Waals surface area contributed by atoms with E-state index in [4.69, 9.17) is 4.74 Å². The molecule has 0 radical (unpaired) electrons. The highest BCUT2D eigenvalue weighted by Crippen LogP contribution is 2.15. The quantitative estimate of drug-likeness (QED) is 0.767. The van der Waals surface area contributed by atoms with Gasteiger partial charge in [-0.1, -0.05) is 0 Å². The highest BCUT2D eigenvalue weighted by Gasteiger charge is 2.27. The smallest absolute Gasteiger partial charge is 0.325 e. The number of piperazine rings is 1. The Balaban J connectivity index is 2.31. The fourth-order valence-electron chi connectivity index (χ4n) is 2.05. The van der Waals surface area contributed by atoms with E-state index in [9.17, 15) is 9.59 Å². The molecule has 1 fully saturated rings. The third kappa shape index (κ3) is 5.06. The topological polar surface area (TPSA) is 61.9 Å². The van der Waals surface area contributed by atoms with E-state index < -0.39 is 5.97 Å². The van der Waals surface area contributed by atoms with Gasteiger partial charge in [0.2, 0.25) is 0 Å². The largest absolute Gasteiger partial charge is 0.465 e. The Morgan fingerprint density at radius 1 is 1.16 bits per heavy atom. The second-order valence-corrected chi connectivity index (χ2v) is 5.61. The molecule has 0 spiro atoms. The normalized spacial score (nSPS) is 17.2. The van der Waals surface area contributed by atoms with Gasteiger partial charge in [0.25, 0.3) is 0 Å². The van der Waals surface area contributed by atoms with Crippen LogP contribution in [-0.4, -0.2) is 66.7 Å². The average Bonchev–Trinajstić information content (AvgIpc) is 2.35. The molecule has 1 rings (SSSR count). The predicted octanol–water partition coefficient (Wildman–Crippen LogP) is 0.675. The highest BCUT2D eigenvalue weighted by molar-refractivity contribution is 5.80. The molecule has 0 aromatic carbocycles. The molecule has 1 N–H and O–H groups in total. The van der Waals surface area contributed by atoms with Crippen LogP contribution in [0.3, 0.4) is 0 Å². The van der Waals surface area contributed by atoms with Gasteiger partial charge < -0.3 is 15.0 Å². The van der Waals surface area contributed by atoms with Crippen molar-refractivity contribution in [3.63, 3.8) is 0 Å². The molecule has 1 aliphatic rings. The summed E-state index contributed by atoms with van der Waals surface area (Å²) >= 11 is 0. The van der Waals surface area contributed by atoms with Gasteiger partial charge in [0.15, 0.2) is 0 Å². The van der Waals surface area contributed by atoms with Crippen LogP contribution in [0, 0.1) is 0 Å². The molecule has 1 saturated heterocycles.